The highest BCUT2D eigenvalue weighted by Crippen LogP contribution is 2.26. The summed E-state index contributed by atoms with van der Waals surface area (Å²) in [6, 6.07) is 5.63. The Morgan fingerprint density at radius 2 is 2.25 bits per heavy atom. The van der Waals surface area contributed by atoms with E-state index >= 15 is 0 Å². The van der Waals surface area contributed by atoms with Crippen LogP contribution in [0, 0.1) is 0 Å². The number of halogens is 1. The molecule has 2 rings (SSSR count). The van der Waals surface area contributed by atoms with Gasteiger partial charge in [-0.05, 0) is 42.9 Å². The molecule has 1 aromatic rings. The first-order valence-corrected chi connectivity index (χ1v) is 7.45. The van der Waals surface area contributed by atoms with Gasteiger partial charge >= 0.3 is 0 Å². The molecule has 0 aromatic heterocycles. The van der Waals surface area contributed by atoms with Crippen LogP contribution in [0.1, 0.15) is 18.9 Å². The molecule has 0 saturated carbocycles. The predicted octanol–water partition coefficient (Wildman–Crippen LogP) is 2.93. The molecule has 106 valence electrons. The lowest BCUT2D eigenvalue weighted by Crippen LogP contribution is -2.31. The van der Waals surface area contributed by atoms with Gasteiger partial charge in [0.15, 0.2) is 5.11 Å². The summed E-state index contributed by atoms with van der Waals surface area (Å²) in [5.41, 5.74) is 1.29. The highest BCUT2D eigenvalue weighted by molar-refractivity contribution is 9.10. The van der Waals surface area contributed by atoms with Gasteiger partial charge in [-0.25, -0.2) is 0 Å². The fourth-order valence-corrected chi connectivity index (χ4v) is 2.63. The van der Waals surface area contributed by atoms with E-state index in [0.29, 0.717) is 23.1 Å². The highest BCUT2D eigenvalue weighted by atomic mass is 79.9. The smallest absolute Gasteiger partial charge is 0.276 e. The van der Waals surface area contributed by atoms with Crippen LogP contribution in [0.5, 0.6) is 5.75 Å². The first-order valence-electron chi connectivity index (χ1n) is 6.25. The summed E-state index contributed by atoms with van der Waals surface area (Å²) in [4.78, 5) is 13.8. The van der Waals surface area contributed by atoms with Gasteiger partial charge in [-0.3, -0.25) is 9.69 Å². The second-order valence-electron chi connectivity index (χ2n) is 4.33. The minimum Gasteiger partial charge on any atom is -0.496 e. The summed E-state index contributed by atoms with van der Waals surface area (Å²) >= 11 is 8.59. The minimum atomic E-state index is -0.0983. The number of hydrogen-bond donors (Lipinski definition) is 1. The third kappa shape index (κ3) is 3.02. The molecule has 0 spiro atoms. The fourth-order valence-electron chi connectivity index (χ4n) is 1.97. The van der Waals surface area contributed by atoms with Gasteiger partial charge in [-0.1, -0.05) is 22.9 Å². The van der Waals surface area contributed by atoms with E-state index < -0.39 is 0 Å². The summed E-state index contributed by atoms with van der Waals surface area (Å²) < 4.78 is 6.22. The van der Waals surface area contributed by atoms with E-state index in [0.717, 1.165) is 16.5 Å². The van der Waals surface area contributed by atoms with Crippen LogP contribution in [-0.2, 0) is 4.79 Å². The van der Waals surface area contributed by atoms with Gasteiger partial charge < -0.3 is 10.1 Å². The molecule has 4 nitrogen and oxygen atoms in total. The van der Waals surface area contributed by atoms with Crippen molar-refractivity contribution in [1.82, 2.24) is 10.2 Å². The van der Waals surface area contributed by atoms with E-state index in [2.05, 4.69) is 21.2 Å². The number of hydrogen-bond acceptors (Lipinski definition) is 3. The zero-order valence-electron chi connectivity index (χ0n) is 11.3. The van der Waals surface area contributed by atoms with E-state index in [-0.39, 0.29) is 5.91 Å². The summed E-state index contributed by atoms with van der Waals surface area (Å²) in [5, 5.41) is 3.41. The van der Waals surface area contributed by atoms with Crippen LogP contribution in [-0.4, -0.2) is 29.6 Å². The first-order chi connectivity index (χ1) is 9.56. The van der Waals surface area contributed by atoms with Crippen molar-refractivity contribution in [2.24, 2.45) is 0 Å². The van der Waals surface area contributed by atoms with Crippen molar-refractivity contribution in [3.63, 3.8) is 0 Å². The lowest BCUT2D eigenvalue weighted by Gasteiger charge is -2.11. The Kier molecular flexibility index (Phi) is 4.77. The molecular formula is C14H15BrN2O2S. The Balaban J connectivity index is 2.35. The molecule has 0 atom stereocenters. The normalized spacial score (nSPS) is 16.8. The zero-order chi connectivity index (χ0) is 14.7. The molecule has 0 bridgehead atoms. The maximum absolute atomic E-state index is 12.2. The van der Waals surface area contributed by atoms with Crippen molar-refractivity contribution in [2.45, 2.75) is 13.3 Å². The van der Waals surface area contributed by atoms with E-state index in [4.69, 9.17) is 17.0 Å². The van der Waals surface area contributed by atoms with Crippen LogP contribution in [0.3, 0.4) is 0 Å². The second kappa shape index (κ2) is 6.37. The monoisotopic (exact) mass is 354 g/mol. The van der Waals surface area contributed by atoms with Gasteiger partial charge in [0.05, 0.1) is 7.11 Å². The zero-order valence-corrected chi connectivity index (χ0v) is 13.7. The van der Waals surface area contributed by atoms with Crippen LogP contribution in [0.25, 0.3) is 6.08 Å². The maximum atomic E-state index is 12.2. The van der Waals surface area contributed by atoms with E-state index in [1.807, 2.05) is 25.1 Å². The van der Waals surface area contributed by atoms with Crippen molar-refractivity contribution in [1.29, 1.82) is 0 Å². The molecule has 1 heterocycles. The number of rotatable bonds is 4. The Morgan fingerprint density at radius 1 is 1.50 bits per heavy atom. The molecule has 1 N–H and O–H groups in total. The Hall–Kier alpha value is -1.40. The summed E-state index contributed by atoms with van der Waals surface area (Å²) in [7, 11) is 1.60. The van der Waals surface area contributed by atoms with Crippen molar-refractivity contribution in [2.75, 3.05) is 13.7 Å². The Morgan fingerprint density at radius 3 is 2.90 bits per heavy atom. The average molecular weight is 355 g/mol. The lowest BCUT2D eigenvalue weighted by atomic mass is 10.1. The van der Waals surface area contributed by atoms with Crippen LogP contribution < -0.4 is 10.1 Å². The van der Waals surface area contributed by atoms with Crippen molar-refractivity contribution in [3.8, 4) is 5.75 Å². The number of benzene rings is 1. The fraction of sp³-hybridized carbons (Fsp3) is 0.286. The van der Waals surface area contributed by atoms with Crippen molar-refractivity contribution >= 4 is 45.2 Å². The first kappa shape index (κ1) is 15.0. The number of thiocarbonyl (C=S) groups is 1. The van der Waals surface area contributed by atoms with Crippen LogP contribution >= 0.6 is 28.1 Å². The number of methoxy groups -OCH3 is 1. The van der Waals surface area contributed by atoms with Crippen LogP contribution in [0.15, 0.2) is 28.4 Å². The van der Waals surface area contributed by atoms with Gasteiger partial charge in [-0.2, -0.15) is 0 Å². The second-order valence-corrected chi connectivity index (χ2v) is 5.63. The highest BCUT2D eigenvalue weighted by Gasteiger charge is 2.29. The Labute approximate surface area is 131 Å². The molecule has 0 radical (unpaired) electrons. The van der Waals surface area contributed by atoms with Crippen molar-refractivity contribution < 1.29 is 9.53 Å². The average Bonchev–Trinajstić information content (AvgIpc) is 2.67. The van der Waals surface area contributed by atoms with Crippen LogP contribution in [0.2, 0.25) is 0 Å². The molecular weight excluding hydrogens is 340 g/mol. The number of amides is 1. The quantitative estimate of drug-likeness (QED) is 0.666. The third-order valence-corrected chi connectivity index (χ3v) is 3.72. The molecule has 20 heavy (non-hydrogen) atoms. The van der Waals surface area contributed by atoms with Gasteiger partial charge in [0.2, 0.25) is 0 Å². The van der Waals surface area contributed by atoms with E-state index in [9.17, 15) is 4.79 Å². The minimum absolute atomic E-state index is 0.0983. The molecule has 1 aliphatic rings. The number of ether oxygens (including phenoxy) is 1. The number of nitrogens with one attached hydrogen (secondary N) is 1. The predicted molar refractivity (Wildman–Crippen MR) is 86.4 cm³/mol. The molecule has 1 saturated heterocycles. The maximum Gasteiger partial charge on any atom is 0.276 e. The molecule has 1 aliphatic heterocycles. The molecule has 6 heteroatoms. The summed E-state index contributed by atoms with van der Waals surface area (Å²) in [6.45, 7) is 2.63. The standard InChI is InChI=1S/C14H15BrN2O2S/c1-3-6-17-13(18)11(16-14(17)20)8-9-7-10(15)4-5-12(9)19-2/h4-5,7-8H,3,6H2,1-2H3,(H,16,20)/b11-8-. The van der Waals surface area contributed by atoms with Crippen LogP contribution in [0.4, 0.5) is 0 Å². The Bertz CT molecular complexity index is 587. The lowest BCUT2D eigenvalue weighted by molar-refractivity contribution is -0.122. The topological polar surface area (TPSA) is 41.6 Å². The molecule has 0 unspecified atom stereocenters. The van der Waals surface area contributed by atoms with Gasteiger partial charge in [-0.15, -0.1) is 0 Å². The van der Waals surface area contributed by atoms with Gasteiger partial charge in [0, 0.05) is 16.6 Å². The largest absolute Gasteiger partial charge is 0.496 e. The van der Waals surface area contributed by atoms with Gasteiger partial charge in [0.25, 0.3) is 5.91 Å². The summed E-state index contributed by atoms with van der Waals surface area (Å²) in [5.74, 6) is 0.606. The number of carbonyl (C=O) groups excluding carboxylic acids is 1. The summed E-state index contributed by atoms with van der Waals surface area (Å²) in [6.07, 6.45) is 2.62. The molecule has 1 fully saturated rings. The van der Waals surface area contributed by atoms with E-state index in [1.54, 1.807) is 18.1 Å². The van der Waals surface area contributed by atoms with Gasteiger partial charge in [0.1, 0.15) is 11.4 Å². The number of nitrogens with zero attached hydrogens (tertiary/aromatic N) is 1. The van der Waals surface area contributed by atoms with Crippen molar-refractivity contribution in [3.05, 3.63) is 33.9 Å². The molecule has 0 aliphatic carbocycles. The third-order valence-electron chi connectivity index (χ3n) is 2.90. The van der Waals surface area contributed by atoms with E-state index in [1.165, 1.54) is 0 Å². The molecule has 1 aromatic carbocycles. The molecule has 1 amide bonds. The SMILES string of the molecule is CCCN1C(=O)/C(=C/c2cc(Br)ccc2OC)NC1=S. The number of carbonyl (C=O) groups is 1.